The molecule has 0 spiro atoms. The number of isothiocyanates is 1. The molecule has 78 valence electrons. The molecule has 0 radical (unpaired) electrons. The van der Waals surface area contributed by atoms with Crippen LogP contribution in [-0.2, 0) is 4.79 Å². The van der Waals surface area contributed by atoms with E-state index in [1.165, 1.54) is 0 Å². The Balaban J connectivity index is 2.80. The van der Waals surface area contributed by atoms with E-state index in [9.17, 15) is 4.79 Å². The lowest BCUT2D eigenvalue weighted by Crippen LogP contribution is -2.09. The zero-order chi connectivity index (χ0) is 11.1. The lowest BCUT2D eigenvalue weighted by atomic mass is 9.96. The summed E-state index contributed by atoms with van der Waals surface area (Å²) >= 11 is 4.47. The summed E-state index contributed by atoms with van der Waals surface area (Å²) in [6.07, 6.45) is 0.0600. The first kappa shape index (κ1) is 11.6. The molecule has 1 rings (SSSR count). The highest BCUT2D eigenvalue weighted by Gasteiger charge is 2.14. The van der Waals surface area contributed by atoms with Crippen LogP contribution in [0.4, 0.5) is 0 Å². The van der Waals surface area contributed by atoms with Crippen molar-refractivity contribution in [2.24, 2.45) is 4.99 Å². The van der Waals surface area contributed by atoms with Crippen LogP contribution in [0.3, 0.4) is 0 Å². The lowest BCUT2D eigenvalue weighted by Gasteiger charge is -2.11. The van der Waals surface area contributed by atoms with Gasteiger partial charge in [-0.1, -0.05) is 30.3 Å². The molecule has 1 atom stereocenters. The van der Waals surface area contributed by atoms with E-state index in [1.807, 2.05) is 30.3 Å². The third-order valence-corrected chi connectivity index (χ3v) is 2.20. The van der Waals surface area contributed by atoms with Crippen LogP contribution in [0.2, 0.25) is 0 Å². The van der Waals surface area contributed by atoms with Gasteiger partial charge >= 0.3 is 5.97 Å². The van der Waals surface area contributed by atoms with Crippen LogP contribution < -0.4 is 0 Å². The standard InChI is InChI=1S/C11H11NO2S/c13-11(14)6-10(7-12-8-15)9-4-2-1-3-5-9/h1-5,10H,6-7H2,(H,13,14). The topological polar surface area (TPSA) is 49.7 Å². The summed E-state index contributed by atoms with van der Waals surface area (Å²) in [6, 6.07) is 9.44. The van der Waals surface area contributed by atoms with Gasteiger partial charge in [0.15, 0.2) is 0 Å². The monoisotopic (exact) mass is 221 g/mol. The van der Waals surface area contributed by atoms with Crippen LogP contribution in [-0.4, -0.2) is 22.8 Å². The number of benzene rings is 1. The highest BCUT2D eigenvalue weighted by Crippen LogP contribution is 2.19. The van der Waals surface area contributed by atoms with Gasteiger partial charge in [0.05, 0.1) is 18.1 Å². The van der Waals surface area contributed by atoms with Gasteiger partial charge in [-0.25, -0.2) is 4.99 Å². The molecular formula is C11H11NO2S. The molecule has 1 N–H and O–H groups in total. The van der Waals surface area contributed by atoms with Gasteiger partial charge < -0.3 is 5.11 Å². The summed E-state index contributed by atoms with van der Waals surface area (Å²) in [5.74, 6) is -0.956. The zero-order valence-electron chi connectivity index (χ0n) is 8.09. The van der Waals surface area contributed by atoms with Crippen molar-refractivity contribution in [2.45, 2.75) is 12.3 Å². The van der Waals surface area contributed by atoms with E-state index in [4.69, 9.17) is 5.11 Å². The summed E-state index contributed by atoms with van der Waals surface area (Å²) in [5, 5.41) is 11.0. The van der Waals surface area contributed by atoms with E-state index in [2.05, 4.69) is 22.4 Å². The van der Waals surface area contributed by atoms with Crippen molar-refractivity contribution >= 4 is 23.3 Å². The minimum absolute atomic E-state index is 0.0600. The number of aliphatic imine (C=N–C) groups is 1. The number of carboxylic acids is 1. The summed E-state index contributed by atoms with van der Waals surface area (Å²) in [5.41, 5.74) is 0.967. The SMILES string of the molecule is O=C(O)CC(CN=C=S)c1ccccc1. The summed E-state index contributed by atoms with van der Waals surface area (Å²) < 4.78 is 0. The Hall–Kier alpha value is -1.51. The quantitative estimate of drug-likeness (QED) is 0.613. The van der Waals surface area contributed by atoms with E-state index in [0.29, 0.717) is 6.54 Å². The van der Waals surface area contributed by atoms with E-state index < -0.39 is 5.97 Å². The molecule has 0 saturated carbocycles. The first-order chi connectivity index (χ1) is 7.24. The van der Waals surface area contributed by atoms with Crippen molar-refractivity contribution in [3.8, 4) is 0 Å². The predicted molar refractivity (Wildman–Crippen MR) is 61.3 cm³/mol. The fourth-order valence-electron chi connectivity index (χ4n) is 1.37. The van der Waals surface area contributed by atoms with Crippen molar-refractivity contribution in [2.75, 3.05) is 6.54 Å². The molecule has 1 aromatic carbocycles. The number of carboxylic acid groups (broad SMARTS) is 1. The van der Waals surface area contributed by atoms with Crippen LogP contribution in [0.5, 0.6) is 0 Å². The number of thiocarbonyl (C=S) groups is 1. The zero-order valence-corrected chi connectivity index (χ0v) is 8.91. The Morgan fingerprint density at radius 3 is 2.67 bits per heavy atom. The molecular weight excluding hydrogens is 210 g/mol. The molecule has 0 amide bonds. The van der Waals surface area contributed by atoms with Crippen molar-refractivity contribution in [1.29, 1.82) is 0 Å². The Bertz CT molecular complexity index is 367. The molecule has 1 unspecified atom stereocenters. The van der Waals surface area contributed by atoms with Crippen molar-refractivity contribution in [3.05, 3.63) is 35.9 Å². The minimum atomic E-state index is -0.830. The normalized spacial score (nSPS) is 11.5. The number of carbonyl (C=O) groups is 1. The van der Waals surface area contributed by atoms with Crippen molar-refractivity contribution < 1.29 is 9.90 Å². The van der Waals surface area contributed by atoms with Gasteiger partial charge in [-0.05, 0) is 17.8 Å². The average Bonchev–Trinajstić information content (AvgIpc) is 2.25. The molecule has 0 bridgehead atoms. The van der Waals surface area contributed by atoms with Crippen LogP contribution in [0.15, 0.2) is 35.3 Å². The van der Waals surface area contributed by atoms with Gasteiger partial charge in [0.1, 0.15) is 0 Å². The Kier molecular flexibility index (Phi) is 4.68. The van der Waals surface area contributed by atoms with Crippen LogP contribution in [0, 0.1) is 0 Å². The Labute approximate surface area is 93.5 Å². The maximum absolute atomic E-state index is 10.7. The first-order valence-electron chi connectivity index (χ1n) is 4.54. The minimum Gasteiger partial charge on any atom is -0.481 e. The second kappa shape index (κ2) is 6.06. The highest BCUT2D eigenvalue weighted by atomic mass is 32.1. The number of aliphatic carboxylic acids is 1. The Morgan fingerprint density at radius 1 is 1.47 bits per heavy atom. The molecule has 0 fully saturated rings. The average molecular weight is 221 g/mol. The Morgan fingerprint density at radius 2 is 2.13 bits per heavy atom. The van der Waals surface area contributed by atoms with Gasteiger partial charge in [-0.15, -0.1) is 0 Å². The van der Waals surface area contributed by atoms with E-state index in [1.54, 1.807) is 0 Å². The number of hydrogen-bond acceptors (Lipinski definition) is 3. The van der Waals surface area contributed by atoms with Crippen LogP contribution in [0.1, 0.15) is 17.9 Å². The second-order valence-corrected chi connectivity index (χ2v) is 3.32. The maximum Gasteiger partial charge on any atom is 0.304 e. The molecule has 0 aliphatic heterocycles. The highest BCUT2D eigenvalue weighted by molar-refractivity contribution is 7.78. The van der Waals surface area contributed by atoms with E-state index in [-0.39, 0.29) is 12.3 Å². The molecule has 0 aromatic heterocycles. The molecule has 4 heteroatoms. The first-order valence-corrected chi connectivity index (χ1v) is 4.95. The second-order valence-electron chi connectivity index (χ2n) is 3.14. The van der Waals surface area contributed by atoms with Gasteiger partial charge in [0.25, 0.3) is 0 Å². The maximum atomic E-state index is 10.7. The molecule has 1 aromatic rings. The van der Waals surface area contributed by atoms with Gasteiger partial charge in [0.2, 0.25) is 0 Å². The van der Waals surface area contributed by atoms with Crippen LogP contribution >= 0.6 is 12.2 Å². The lowest BCUT2D eigenvalue weighted by molar-refractivity contribution is -0.137. The fraction of sp³-hybridized carbons (Fsp3) is 0.273. The van der Waals surface area contributed by atoms with Gasteiger partial charge in [0, 0.05) is 5.92 Å². The summed E-state index contributed by atoms with van der Waals surface area (Å²) in [7, 11) is 0. The fourth-order valence-corrected chi connectivity index (χ4v) is 1.45. The molecule has 15 heavy (non-hydrogen) atoms. The molecule has 3 nitrogen and oxygen atoms in total. The van der Waals surface area contributed by atoms with Crippen molar-refractivity contribution in [1.82, 2.24) is 0 Å². The largest absolute Gasteiger partial charge is 0.481 e. The summed E-state index contributed by atoms with van der Waals surface area (Å²) in [6.45, 7) is 0.375. The smallest absolute Gasteiger partial charge is 0.304 e. The van der Waals surface area contributed by atoms with E-state index in [0.717, 1.165) is 5.56 Å². The summed E-state index contributed by atoms with van der Waals surface area (Å²) in [4.78, 5) is 14.5. The van der Waals surface area contributed by atoms with Crippen molar-refractivity contribution in [3.63, 3.8) is 0 Å². The predicted octanol–water partition coefficient (Wildman–Crippen LogP) is 2.35. The van der Waals surface area contributed by atoms with Gasteiger partial charge in [-0.2, -0.15) is 0 Å². The third-order valence-electron chi connectivity index (χ3n) is 2.07. The molecule has 0 aliphatic carbocycles. The molecule has 0 saturated heterocycles. The molecule has 0 heterocycles. The number of rotatable bonds is 5. The van der Waals surface area contributed by atoms with E-state index >= 15 is 0 Å². The third kappa shape index (κ3) is 4.02. The number of hydrogen-bond donors (Lipinski definition) is 1. The van der Waals surface area contributed by atoms with Crippen LogP contribution in [0.25, 0.3) is 0 Å². The molecule has 0 aliphatic rings. The number of nitrogens with zero attached hydrogens (tertiary/aromatic N) is 1. The van der Waals surface area contributed by atoms with Gasteiger partial charge in [-0.3, -0.25) is 4.79 Å².